The van der Waals surface area contributed by atoms with Gasteiger partial charge in [0.2, 0.25) is 17.7 Å². The number of hydrogen-bond acceptors (Lipinski definition) is 6. The highest BCUT2D eigenvalue weighted by molar-refractivity contribution is 6.02. The number of hydrogen-bond donors (Lipinski definition) is 2. The van der Waals surface area contributed by atoms with Crippen molar-refractivity contribution in [2.75, 3.05) is 19.6 Å². The molecule has 0 radical (unpaired) electrons. The third-order valence-corrected chi connectivity index (χ3v) is 5.61. The Labute approximate surface area is 175 Å². The molecule has 2 saturated heterocycles. The first-order valence-corrected chi connectivity index (χ1v) is 10.4. The summed E-state index contributed by atoms with van der Waals surface area (Å²) < 4.78 is 0. The standard InChI is InChI=1S/C21H28N4O5/c1-14-6-7-16(26)20(23-14)21(30)24-11-4-2-3-5-15(24)13-22-17(27)10-12-25-18(28)8-9-19(25)29/h6-7,15,26H,2-5,8-13H2,1H3,(H,22,27). The fourth-order valence-corrected chi connectivity index (χ4v) is 3.91. The predicted molar refractivity (Wildman–Crippen MR) is 108 cm³/mol. The number of likely N-dealkylation sites (tertiary alicyclic amines) is 2. The Balaban J connectivity index is 1.60. The zero-order valence-corrected chi connectivity index (χ0v) is 17.2. The largest absolute Gasteiger partial charge is 0.505 e. The van der Waals surface area contributed by atoms with Crippen molar-refractivity contribution in [2.45, 2.75) is 57.9 Å². The van der Waals surface area contributed by atoms with Crippen molar-refractivity contribution in [1.82, 2.24) is 20.1 Å². The van der Waals surface area contributed by atoms with Gasteiger partial charge in [-0.25, -0.2) is 4.98 Å². The minimum atomic E-state index is -0.342. The van der Waals surface area contributed by atoms with Crippen LogP contribution in [0.25, 0.3) is 0 Å². The third kappa shape index (κ3) is 5.14. The smallest absolute Gasteiger partial charge is 0.276 e. The summed E-state index contributed by atoms with van der Waals surface area (Å²) in [4.78, 5) is 55.6. The highest BCUT2D eigenvalue weighted by Crippen LogP contribution is 2.23. The number of aromatic nitrogens is 1. The SMILES string of the molecule is Cc1ccc(O)c(C(=O)N2CCCCCC2CNC(=O)CCN2C(=O)CCC2=O)n1. The molecule has 4 amide bonds. The number of carbonyl (C=O) groups is 4. The Hall–Kier alpha value is -2.97. The average Bonchev–Trinajstić information content (AvgIpc) is 2.91. The van der Waals surface area contributed by atoms with Crippen LogP contribution in [0.15, 0.2) is 12.1 Å². The van der Waals surface area contributed by atoms with Crippen molar-refractivity contribution in [3.8, 4) is 5.75 Å². The van der Waals surface area contributed by atoms with Crippen LogP contribution in [0.5, 0.6) is 5.75 Å². The second-order valence-electron chi connectivity index (χ2n) is 7.82. The monoisotopic (exact) mass is 416 g/mol. The molecule has 0 aliphatic carbocycles. The van der Waals surface area contributed by atoms with E-state index in [1.54, 1.807) is 17.9 Å². The molecule has 1 unspecified atom stereocenters. The number of aromatic hydroxyl groups is 1. The van der Waals surface area contributed by atoms with Crippen molar-refractivity contribution in [1.29, 1.82) is 0 Å². The van der Waals surface area contributed by atoms with Crippen LogP contribution in [0, 0.1) is 6.92 Å². The van der Waals surface area contributed by atoms with E-state index in [0.717, 1.165) is 30.6 Å². The number of imide groups is 1. The molecule has 9 nitrogen and oxygen atoms in total. The Bertz CT molecular complexity index is 825. The fourth-order valence-electron chi connectivity index (χ4n) is 3.91. The Morgan fingerprint density at radius 1 is 1.17 bits per heavy atom. The minimum Gasteiger partial charge on any atom is -0.505 e. The highest BCUT2D eigenvalue weighted by atomic mass is 16.3. The second-order valence-corrected chi connectivity index (χ2v) is 7.82. The second kappa shape index (κ2) is 9.69. The maximum atomic E-state index is 13.1. The van der Waals surface area contributed by atoms with Crippen LogP contribution in [0.4, 0.5) is 0 Å². The van der Waals surface area contributed by atoms with Crippen LogP contribution < -0.4 is 5.32 Å². The Morgan fingerprint density at radius 2 is 1.90 bits per heavy atom. The van der Waals surface area contributed by atoms with E-state index in [4.69, 9.17) is 0 Å². The molecule has 1 aromatic rings. The van der Waals surface area contributed by atoms with E-state index in [0.29, 0.717) is 12.2 Å². The van der Waals surface area contributed by atoms with Crippen LogP contribution in [0.1, 0.15) is 61.1 Å². The van der Waals surface area contributed by atoms with Crippen molar-refractivity contribution in [3.05, 3.63) is 23.5 Å². The molecule has 2 aliphatic rings. The summed E-state index contributed by atoms with van der Waals surface area (Å²) in [6.07, 6.45) is 3.97. The van der Waals surface area contributed by atoms with Crippen molar-refractivity contribution >= 4 is 23.6 Å². The topological polar surface area (TPSA) is 120 Å². The normalized spacial score (nSPS) is 19.7. The van der Waals surface area contributed by atoms with Crippen LogP contribution in [0.2, 0.25) is 0 Å². The van der Waals surface area contributed by atoms with Crippen LogP contribution in [-0.4, -0.2) is 69.2 Å². The predicted octanol–water partition coefficient (Wildman–Crippen LogP) is 1.14. The first-order chi connectivity index (χ1) is 14.4. The van der Waals surface area contributed by atoms with Gasteiger partial charge in [0.25, 0.3) is 5.91 Å². The fraction of sp³-hybridized carbons (Fsp3) is 0.571. The van der Waals surface area contributed by atoms with Crippen molar-refractivity contribution in [3.63, 3.8) is 0 Å². The molecule has 2 fully saturated rings. The van der Waals surface area contributed by atoms with E-state index in [1.165, 1.54) is 6.07 Å². The lowest BCUT2D eigenvalue weighted by molar-refractivity contribution is -0.138. The molecule has 3 rings (SSSR count). The van der Waals surface area contributed by atoms with Gasteiger partial charge in [0.15, 0.2) is 5.69 Å². The van der Waals surface area contributed by atoms with Crippen LogP contribution >= 0.6 is 0 Å². The van der Waals surface area contributed by atoms with Crippen molar-refractivity contribution in [2.24, 2.45) is 0 Å². The number of carbonyl (C=O) groups excluding carboxylic acids is 4. The van der Waals surface area contributed by atoms with E-state index in [9.17, 15) is 24.3 Å². The lowest BCUT2D eigenvalue weighted by Crippen LogP contribution is -2.47. The summed E-state index contributed by atoms with van der Waals surface area (Å²) in [5.41, 5.74) is 0.668. The van der Waals surface area contributed by atoms with Gasteiger partial charge in [-0.1, -0.05) is 12.8 Å². The number of nitrogens with one attached hydrogen (secondary N) is 1. The number of aryl methyl sites for hydroxylation is 1. The molecule has 162 valence electrons. The molecular formula is C21H28N4O5. The summed E-state index contributed by atoms with van der Waals surface area (Å²) in [6.45, 7) is 2.65. The molecular weight excluding hydrogens is 388 g/mol. The average molecular weight is 416 g/mol. The van der Waals surface area contributed by atoms with Gasteiger partial charge in [-0.15, -0.1) is 0 Å². The molecule has 0 aromatic carbocycles. The lowest BCUT2D eigenvalue weighted by atomic mass is 10.1. The van der Waals surface area contributed by atoms with Gasteiger partial charge >= 0.3 is 0 Å². The number of pyridine rings is 1. The van der Waals surface area contributed by atoms with Gasteiger partial charge in [0, 0.05) is 50.6 Å². The maximum Gasteiger partial charge on any atom is 0.276 e. The maximum absolute atomic E-state index is 13.1. The zero-order chi connectivity index (χ0) is 21.7. The van der Waals surface area contributed by atoms with Crippen molar-refractivity contribution < 1.29 is 24.3 Å². The summed E-state index contributed by atoms with van der Waals surface area (Å²) in [5, 5.41) is 12.9. The van der Waals surface area contributed by atoms with E-state index in [1.807, 2.05) is 0 Å². The minimum absolute atomic E-state index is 0.0271. The summed E-state index contributed by atoms with van der Waals surface area (Å²) in [7, 11) is 0. The van der Waals surface area contributed by atoms with Gasteiger partial charge < -0.3 is 15.3 Å². The number of nitrogens with zero attached hydrogens (tertiary/aromatic N) is 3. The number of amides is 4. The number of rotatable bonds is 6. The van der Waals surface area contributed by atoms with E-state index in [-0.39, 0.29) is 73.5 Å². The molecule has 2 aliphatic heterocycles. The molecule has 1 aromatic heterocycles. The summed E-state index contributed by atoms with van der Waals surface area (Å²) in [5.74, 6) is -1.24. The van der Waals surface area contributed by atoms with E-state index in [2.05, 4.69) is 10.3 Å². The molecule has 0 spiro atoms. The zero-order valence-electron chi connectivity index (χ0n) is 17.2. The van der Waals surface area contributed by atoms with E-state index >= 15 is 0 Å². The van der Waals surface area contributed by atoms with Crippen LogP contribution in [-0.2, 0) is 14.4 Å². The van der Waals surface area contributed by atoms with Gasteiger partial charge in [-0.2, -0.15) is 0 Å². The van der Waals surface area contributed by atoms with Gasteiger partial charge in [-0.05, 0) is 31.9 Å². The van der Waals surface area contributed by atoms with Gasteiger partial charge in [-0.3, -0.25) is 24.1 Å². The Morgan fingerprint density at radius 3 is 2.63 bits per heavy atom. The van der Waals surface area contributed by atoms with Crippen LogP contribution in [0.3, 0.4) is 0 Å². The molecule has 2 N–H and O–H groups in total. The first kappa shape index (κ1) is 21.7. The van der Waals surface area contributed by atoms with Gasteiger partial charge in [0.1, 0.15) is 5.75 Å². The third-order valence-electron chi connectivity index (χ3n) is 5.61. The summed E-state index contributed by atoms with van der Waals surface area (Å²) >= 11 is 0. The summed E-state index contributed by atoms with van der Waals surface area (Å²) in [6, 6.07) is 2.90. The Kier molecular flexibility index (Phi) is 7.02. The molecule has 0 bridgehead atoms. The first-order valence-electron chi connectivity index (χ1n) is 10.4. The molecule has 0 saturated carbocycles. The van der Waals surface area contributed by atoms with E-state index < -0.39 is 0 Å². The molecule has 3 heterocycles. The quantitative estimate of drug-likeness (QED) is 0.671. The molecule has 1 atom stereocenters. The van der Waals surface area contributed by atoms with Gasteiger partial charge in [0.05, 0.1) is 0 Å². The molecule has 30 heavy (non-hydrogen) atoms. The molecule has 9 heteroatoms. The lowest BCUT2D eigenvalue weighted by Gasteiger charge is -2.30. The highest BCUT2D eigenvalue weighted by Gasteiger charge is 2.30.